The van der Waals surface area contributed by atoms with Crippen LogP contribution in [-0.2, 0) is 25.7 Å². The molecule has 7 nitrogen and oxygen atoms in total. The van der Waals surface area contributed by atoms with Crippen LogP contribution in [0.1, 0.15) is 18.4 Å². The number of carbonyl (C=O) groups is 3. The van der Waals surface area contributed by atoms with Crippen LogP contribution in [0.2, 0.25) is 0 Å². The zero-order valence-corrected chi connectivity index (χ0v) is 19.9. The van der Waals surface area contributed by atoms with Crippen molar-refractivity contribution in [3.8, 4) is 0 Å². The fourth-order valence-electron chi connectivity index (χ4n) is 2.35. The molecule has 24 heavy (non-hydrogen) atoms. The molecule has 1 amide bonds. The van der Waals surface area contributed by atoms with Gasteiger partial charge in [-0.3, -0.25) is 0 Å². The molecule has 1 aromatic carbocycles. The first-order valence-corrected chi connectivity index (χ1v) is 7.40. The molecule has 1 aromatic rings. The second kappa shape index (κ2) is 11.2. The third-order valence-electron chi connectivity index (χ3n) is 3.69. The van der Waals surface area contributed by atoms with Crippen molar-refractivity contribution in [2.24, 2.45) is 5.92 Å². The van der Waals surface area contributed by atoms with E-state index in [2.05, 4.69) is 4.74 Å². The van der Waals surface area contributed by atoms with Gasteiger partial charge in [0.2, 0.25) is 0 Å². The van der Waals surface area contributed by atoms with Crippen LogP contribution in [0.25, 0.3) is 0 Å². The molecular weight excluding hydrogens is 435 g/mol. The smallest absolute Gasteiger partial charge is 0.539 e. The second-order valence-corrected chi connectivity index (χ2v) is 5.36. The largest absolute Gasteiger partial charge is 1.00 e. The van der Waals surface area contributed by atoms with E-state index in [4.69, 9.17) is 4.74 Å². The van der Waals surface area contributed by atoms with Crippen LogP contribution in [0.3, 0.4) is 0 Å². The number of carbonyl (C=O) groups excluding carboxylic acids is 3. The van der Waals surface area contributed by atoms with E-state index in [1.807, 2.05) is 30.3 Å². The Morgan fingerprint density at radius 3 is 2.29 bits per heavy atom. The van der Waals surface area contributed by atoms with Crippen molar-refractivity contribution in [1.29, 1.82) is 0 Å². The molecule has 1 saturated heterocycles. The zero-order valence-electron chi connectivity index (χ0n) is 13.6. The molecule has 0 saturated carbocycles. The molecular formula is C16H18CsNO6. The molecule has 0 unspecified atom stereocenters. The Balaban J connectivity index is 0.00000288. The molecule has 0 aromatic heterocycles. The van der Waals surface area contributed by atoms with Crippen LogP contribution in [-0.4, -0.2) is 42.6 Å². The van der Waals surface area contributed by atoms with Crippen molar-refractivity contribution in [2.45, 2.75) is 19.4 Å². The molecule has 0 spiro atoms. The fraction of sp³-hybridized carbons (Fsp3) is 0.438. The standard InChI is InChI=1S/C16H19NO6.Cs/c18-14(19)15(20)22-10-13-6-8-17(9-7-13)16(21)23-11-12-4-2-1-3-5-12;/h1-5,13H,6-11H2,(H,18,19);/q;+1/p-1. The molecule has 1 aliphatic heterocycles. The summed E-state index contributed by atoms with van der Waals surface area (Å²) in [5.41, 5.74) is 0.921. The van der Waals surface area contributed by atoms with Crippen molar-refractivity contribution in [1.82, 2.24) is 4.90 Å². The Morgan fingerprint density at radius 2 is 1.71 bits per heavy atom. The molecule has 0 N–H and O–H groups in total. The fourth-order valence-corrected chi connectivity index (χ4v) is 2.35. The Bertz CT molecular complexity index is 557. The number of aliphatic carboxylic acids is 1. The van der Waals surface area contributed by atoms with E-state index in [0.29, 0.717) is 25.9 Å². The summed E-state index contributed by atoms with van der Waals surface area (Å²) in [6, 6.07) is 9.41. The van der Waals surface area contributed by atoms with Crippen molar-refractivity contribution >= 4 is 18.0 Å². The van der Waals surface area contributed by atoms with Gasteiger partial charge in [-0.1, -0.05) is 30.3 Å². The molecule has 2 rings (SSSR count). The number of ether oxygens (including phenoxy) is 2. The summed E-state index contributed by atoms with van der Waals surface area (Å²) < 4.78 is 9.86. The van der Waals surface area contributed by atoms with Gasteiger partial charge in [-0.2, -0.15) is 0 Å². The summed E-state index contributed by atoms with van der Waals surface area (Å²) in [6.07, 6.45) is 0.876. The number of amides is 1. The predicted molar refractivity (Wildman–Crippen MR) is 76.9 cm³/mol. The van der Waals surface area contributed by atoms with Gasteiger partial charge in [-0.15, -0.1) is 0 Å². The van der Waals surface area contributed by atoms with Gasteiger partial charge in [0.15, 0.2) is 5.97 Å². The number of nitrogens with zero attached hydrogens (tertiary/aromatic N) is 1. The Kier molecular flexibility index (Phi) is 10.0. The van der Waals surface area contributed by atoms with Crippen LogP contribution in [0.5, 0.6) is 0 Å². The first-order chi connectivity index (χ1) is 11.1. The second-order valence-electron chi connectivity index (χ2n) is 5.36. The molecule has 0 aliphatic carbocycles. The van der Waals surface area contributed by atoms with Crippen molar-refractivity contribution in [3.63, 3.8) is 0 Å². The van der Waals surface area contributed by atoms with Crippen molar-refractivity contribution in [2.75, 3.05) is 19.7 Å². The number of hydrogen-bond donors (Lipinski definition) is 0. The summed E-state index contributed by atoms with van der Waals surface area (Å²) >= 11 is 0. The minimum atomic E-state index is -1.84. The van der Waals surface area contributed by atoms with E-state index < -0.39 is 11.9 Å². The maximum absolute atomic E-state index is 12.0. The van der Waals surface area contributed by atoms with Gasteiger partial charge in [0.1, 0.15) is 6.61 Å². The van der Waals surface area contributed by atoms with Gasteiger partial charge in [0, 0.05) is 13.1 Å². The summed E-state index contributed by atoms with van der Waals surface area (Å²) in [6.45, 7) is 1.23. The van der Waals surface area contributed by atoms with E-state index in [1.54, 1.807) is 4.90 Å². The number of piperidine rings is 1. The first-order valence-electron chi connectivity index (χ1n) is 7.40. The van der Waals surface area contributed by atoms with Crippen molar-refractivity contribution in [3.05, 3.63) is 35.9 Å². The molecule has 1 fully saturated rings. The Hall–Kier alpha value is -0.518. The van der Waals surface area contributed by atoms with Gasteiger partial charge in [0.05, 0.1) is 6.61 Å². The quantitative estimate of drug-likeness (QED) is 0.365. The summed E-state index contributed by atoms with van der Waals surface area (Å²) in [5.74, 6) is -3.15. The van der Waals surface area contributed by atoms with E-state index in [9.17, 15) is 19.5 Å². The number of esters is 1. The third kappa shape index (κ3) is 7.16. The monoisotopic (exact) mass is 453 g/mol. The molecule has 0 atom stereocenters. The summed E-state index contributed by atoms with van der Waals surface area (Å²) in [5, 5.41) is 10.2. The SMILES string of the molecule is O=C([O-])C(=O)OCC1CCN(C(=O)OCc2ccccc2)CC1.[Cs+]. The van der Waals surface area contributed by atoms with Gasteiger partial charge in [0.25, 0.3) is 0 Å². The molecule has 1 heterocycles. The third-order valence-corrected chi connectivity index (χ3v) is 3.69. The topological polar surface area (TPSA) is 96.0 Å². The number of carboxylic acid groups (broad SMARTS) is 1. The minimum Gasteiger partial charge on any atom is -0.539 e. The predicted octanol–water partition coefficient (Wildman–Crippen LogP) is -2.67. The number of carboxylic acids is 1. The van der Waals surface area contributed by atoms with Crippen LogP contribution in [0.15, 0.2) is 30.3 Å². The molecule has 8 heteroatoms. The molecule has 0 bridgehead atoms. The first kappa shape index (κ1) is 21.5. The van der Waals surface area contributed by atoms with Crippen LogP contribution >= 0.6 is 0 Å². The summed E-state index contributed by atoms with van der Waals surface area (Å²) in [7, 11) is 0. The normalized spacial score (nSPS) is 14.4. The molecule has 124 valence electrons. The van der Waals surface area contributed by atoms with E-state index in [0.717, 1.165) is 5.56 Å². The van der Waals surface area contributed by atoms with Gasteiger partial charge >= 0.3 is 81.0 Å². The van der Waals surface area contributed by atoms with E-state index in [1.165, 1.54) is 0 Å². The average Bonchev–Trinajstić information content (AvgIpc) is 2.58. The van der Waals surface area contributed by atoms with E-state index in [-0.39, 0.29) is 94.1 Å². The molecule has 1 aliphatic rings. The number of rotatable bonds is 4. The maximum atomic E-state index is 12.0. The van der Waals surface area contributed by atoms with Crippen LogP contribution in [0, 0.1) is 5.92 Å². The number of benzene rings is 1. The van der Waals surface area contributed by atoms with Crippen molar-refractivity contribution < 1.29 is 97.9 Å². The molecule has 0 radical (unpaired) electrons. The Morgan fingerprint density at radius 1 is 1.08 bits per heavy atom. The van der Waals surface area contributed by atoms with Gasteiger partial charge in [-0.25, -0.2) is 9.59 Å². The average molecular weight is 453 g/mol. The Labute approximate surface area is 199 Å². The van der Waals surface area contributed by atoms with Crippen LogP contribution in [0.4, 0.5) is 4.79 Å². The maximum Gasteiger partial charge on any atom is 1.00 e. The number of hydrogen-bond acceptors (Lipinski definition) is 6. The van der Waals surface area contributed by atoms with E-state index >= 15 is 0 Å². The zero-order chi connectivity index (χ0) is 16.7. The van der Waals surface area contributed by atoms with Gasteiger partial charge in [-0.05, 0) is 24.3 Å². The summed E-state index contributed by atoms with van der Waals surface area (Å²) in [4.78, 5) is 34.6. The minimum absolute atomic E-state index is 0. The van der Waals surface area contributed by atoms with Crippen LogP contribution < -0.4 is 74.0 Å². The number of likely N-dealkylation sites (tertiary alicyclic amines) is 1. The van der Waals surface area contributed by atoms with Gasteiger partial charge < -0.3 is 24.3 Å².